The number of hydrogen-bond donors (Lipinski definition) is 4. The number of hydrogen-bond acceptors (Lipinski definition) is 12. The summed E-state index contributed by atoms with van der Waals surface area (Å²) in [5, 5.41) is 11.6. The normalized spacial score (nSPS) is 14.6. The molecule has 0 heterocycles. The molecule has 1 atom stereocenters. The zero-order valence-corrected chi connectivity index (χ0v) is 24.2. The minimum Gasteiger partial charge on any atom is -0.393 e. The highest BCUT2D eigenvalue weighted by Gasteiger charge is 2.59. The second kappa shape index (κ2) is 13.4. The zero-order chi connectivity index (χ0) is 26.9. The molecule has 0 fully saturated rings. The fraction of sp³-hybridized carbons (Fsp3) is 0.625. The van der Waals surface area contributed by atoms with Crippen molar-refractivity contribution < 1.29 is 49.6 Å². The molecule has 15 nitrogen and oxygen atoms in total. The molecule has 0 saturated heterocycles. The predicted octanol–water partition coefficient (Wildman–Crippen LogP) is -0.00760. The van der Waals surface area contributed by atoms with E-state index in [0.717, 1.165) is 6.07 Å². The van der Waals surface area contributed by atoms with Gasteiger partial charge in [0.15, 0.2) is 0 Å². The third kappa shape index (κ3) is 8.47. The quantitative estimate of drug-likeness (QED) is 0.0632. The van der Waals surface area contributed by atoms with Gasteiger partial charge in [0, 0.05) is 58.9 Å². The Bertz CT molecular complexity index is 887. The van der Waals surface area contributed by atoms with Crippen LogP contribution in [0, 0.1) is 10.1 Å². The molecule has 35 heavy (non-hydrogen) atoms. The lowest BCUT2D eigenvalue weighted by molar-refractivity contribution is -0.383. The highest BCUT2D eigenvalue weighted by atomic mass is 31.2. The Morgan fingerprint density at radius 2 is 1.54 bits per heavy atom. The summed E-state index contributed by atoms with van der Waals surface area (Å²) in [6.45, 7) is 0.305. The maximum Gasteiger partial charge on any atom is 0.529 e. The van der Waals surface area contributed by atoms with Gasteiger partial charge >= 0.3 is 34.0 Å². The van der Waals surface area contributed by atoms with Crippen molar-refractivity contribution in [3.63, 3.8) is 0 Å². The number of nitrogens with two attached hydrogens (primary N) is 2. The van der Waals surface area contributed by atoms with Crippen LogP contribution in [0.15, 0.2) is 18.2 Å². The van der Waals surface area contributed by atoms with Crippen LogP contribution in [0.3, 0.4) is 0 Å². The third-order valence-corrected chi connectivity index (χ3v) is 16.9. The van der Waals surface area contributed by atoms with Crippen LogP contribution >= 0.6 is 7.60 Å². The minimum atomic E-state index is -4.52. The fourth-order valence-corrected chi connectivity index (χ4v) is 15.8. The molecule has 0 aliphatic heterocycles. The molecule has 0 aliphatic carbocycles. The zero-order valence-electron chi connectivity index (χ0n) is 20.3. The van der Waals surface area contributed by atoms with Crippen molar-refractivity contribution in [3.8, 4) is 0 Å². The van der Waals surface area contributed by atoms with E-state index < -0.39 is 50.8 Å². The van der Waals surface area contributed by atoms with Crippen LogP contribution in [0.25, 0.3) is 0 Å². The van der Waals surface area contributed by atoms with Gasteiger partial charge in [0.1, 0.15) is 5.69 Å². The van der Waals surface area contributed by atoms with E-state index in [-0.39, 0.29) is 23.0 Å². The third-order valence-electron chi connectivity index (χ3n) is 5.05. The van der Waals surface area contributed by atoms with Crippen LogP contribution in [0.1, 0.15) is 6.42 Å². The summed E-state index contributed by atoms with van der Waals surface area (Å²) in [6, 6.07) is 3.78. The van der Waals surface area contributed by atoms with Crippen molar-refractivity contribution in [2.24, 2.45) is 5.73 Å². The lowest BCUT2D eigenvalue weighted by Gasteiger charge is -2.40. The van der Waals surface area contributed by atoms with E-state index >= 15 is 0 Å². The highest BCUT2D eigenvalue weighted by molar-refractivity contribution is 7.51. The summed E-state index contributed by atoms with van der Waals surface area (Å²) in [5.74, 6) is 0. The average Bonchev–Trinajstić information content (AvgIpc) is 2.83. The predicted molar refractivity (Wildman–Crippen MR) is 132 cm³/mol. The maximum atomic E-state index is 11.7. The molecule has 0 saturated carbocycles. The molecular formula is C16H34N3O12PSi3. The highest BCUT2D eigenvalue weighted by Crippen LogP contribution is 2.39. The van der Waals surface area contributed by atoms with Gasteiger partial charge in [-0.05, 0) is 19.0 Å². The first-order valence-electron chi connectivity index (χ1n) is 10.3. The van der Waals surface area contributed by atoms with Gasteiger partial charge in [-0.1, -0.05) is 6.07 Å². The maximum absolute atomic E-state index is 11.7. The summed E-state index contributed by atoms with van der Waals surface area (Å²) >= 11 is 0. The number of nitro groups is 1. The van der Waals surface area contributed by atoms with E-state index in [1.807, 2.05) is 0 Å². The average molecular weight is 576 g/mol. The van der Waals surface area contributed by atoms with E-state index in [2.05, 4.69) is 0 Å². The molecule has 1 aromatic rings. The molecule has 1 unspecified atom stereocenters. The van der Waals surface area contributed by atoms with Crippen molar-refractivity contribution in [2.45, 2.75) is 18.5 Å². The monoisotopic (exact) mass is 575 g/mol. The van der Waals surface area contributed by atoms with Crippen LogP contribution in [-0.4, -0.2) is 89.4 Å². The Labute approximate surface area is 207 Å². The van der Waals surface area contributed by atoms with E-state index in [1.54, 1.807) is 0 Å². The van der Waals surface area contributed by atoms with Gasteiger partial charge in [-0.2, -0.15) is 0 Å². The SMILES string of the molecule is CO[Si](CCCN)(OC)O[Si](CCP(=O)(O)O)(OC)O[Si](OC)(OC)c1ccc(N)c([N+](=O)[O-])c1. The van der Waals surface area contributed by atoms with Crippen molar-refractivity contribution in [1.29, 1.82) is 0 Å². The van der Waals surface area contributed by atoms with E-state index in [0.29, 0.717) is 13.0 Å². The van der Waals surface area contributed by atoms with Crippen LogP contribution < -0.4 is 16.7 Å². The minimum absolute atomic E-state index is 0.0890. The first-order valence-corrected chi connectivity index (χ1v) is 17.6. The summed E-state index contributed by atoms with van der Waals surface area (Å²) in [7, 11) is -9.72. The Morgan fingerprint density at radius 1 is 0.971 bits per heavy atom. The first-order chi connectivity index (χ1) is 16.3. The first kappa shape index (κ1) is 31.9. The Balaban J connectivity index is 3.66. The number of nitrogen functional groups attached to an aromatic ring is 1. The molecule has 0 amide bonds. The van der Waals surface area contributed by atoms with Crippen molar-refractivity contribution >= 4 is 50.6 Å². The molecule has 202 valence electrons. The van der Waals surface area contributed by atoms with Gasteiger partial charge in [-0.15, -0.1) is 0 Å². The van der Waals surface area contributed by atoms with E-state index in [1.165, 1.54) is 47.7 Å². The van der Waals surface area contributed by atoms with Crippen LogP contribution in [0.5, 0.6) is 0 Å². The molecule has 1 aromatic carbocycles. The molecular weight excluding hydrogens is 541 g/mol. The lowest BCUT2D eigenvalue weighted by atomic mass is 10.3. The van der Waals surface area contributed by atoms with Crippen LogP contribution in [0.4, 0.5) is 11.4 Å². The van der Waals surface area contributed by atoms with Gasteiger partial charge in [0.25, 0.3) is 5.69 Å². The van der Waals surface area contributed by atoms with Gasteiger partial charge in [-0.25, -0.2) is 0 Å². The fourth-order valence-electron chi connectivity index (χ4n) is 3.13. The summed E-state index contributed by atoms with van der Waals surface area (Å²) in [5.41, 5.74) is 10.9. The Kier molecular flexibility index (Phi) is 12.3. The number of rotatable bonds is 17. The number of anilines is 1. The molecule has 6 N–H and O–H groups in total. The van der Waals surface area contributed by atoms with E-state index in [4.69, 9.17) is 41.8 Å². The topological polar surface area (TPSA) is 217 Å². The van der Waals surface area contributed by atoms with Gasteiger partial charge < -0.3 is 51.6 Å². The molecule has 0 radical (unpaired) electrons. The van der Waals surface area contributed by atoms with Gasteiger partial charge in [0.05, 0.1) is 11.1 Å². The number of benzene rings is 1. The second-order valence-corrected chi connectivity index (χ2v) is 18.1. The van der Waals surface area contributed by atoms with Crippen LogP contribution in [-0.2, 0) is 34.9 Å². The van der Waals surface area contributed by atoms with Gasteiger partial charge in [0.2, 0.25) is 0 Å². The number of nitro benzene ring substituents is 1. The van der Waals surface area contributed by atoms with Crippen molar-refractivity contribution in [2.75, 3.05) is 54.0 Å². The summed E-state index contributed by atoms with van der Waals surface area (Å²) in [6.07, 6.45) is -0.191. The molecule has 0 bridgehead atoms. The van der Waals surface area contributed by atoms with Gasteiger partial charge in [-0.3, -0.25) is 14.7 Å². The smallest absolute Gasteiger partial charge is 0.393 e. The Morgan fingerprint density at radius 3 is 1.97 bits per heavy atom. The second-order valence-electron chi connectivity index (χ2n) is 7.21. The largest absolute Gasteiger partial charge is 0.529 e. The molecule has 19 heteroatoms. The molecule has 1 rings (SSSR count). The van der Waals surface area contributed by atoms with Crippen molar-refractivity contribution in [3.05, 3.63) is 28.3 Å². The van der Waals surface area contributed by atoms with E-state index in [9.17, 15) is 24.5 Å². The summed E-state index contributed by atoms with van der Waals surface area (Å²) in [4.78, 5) is 29.9. The summed E-state index contributed by atoms with van der Waals surface area (Å²) < 4.78 is 52.4. The molecule has 0 aromatic heterocycles. The Hall–Kier alpha value is -1.10. The standard InChI is InChI=1S/C16H34N3O12PSi3/c1-25-33(26-2,11-6-9-17)30-34(27-3,12-10-32(22,23)24)31-35(28-4,29-5)14-7-8-15(18)16(13-14)19(20)21/h7-8,13H,6,9-12,17-18H2,1-5H3,(H2,22,23,24). The molecule has 0 aliphatic rings. The van der Waals surface area contributed by atoms with Crippen molar-refractivity contribution in [1.82, 2.24) is 0 Å². The number of nitrogens with zero attached hydrogens (tertiary/aromatic N) is 1. The lowest BCUT2D eigenvalue weighted by Crippen LogP contribution is -2.67. The van der Waals surface area contributed by atoms with Crippen LogP contribution in [0.2, 0.25) is 12.1 Å². The molecule has 0 spiro atoms.